The van der Waals surface area contributed by atoms with Gasteiger partial charge in [0, 0.05) is 30.4 Å². The van der Waals surface area contributed by atoms with Gasteiger partial charge in [0.25, 0.3) is 11.5 Å². The number of halogens is 3. The molecule has 15 heteroatoms. The van der Waals surface area contributed by atoms with Crippen molar-refractivity contribution < 1.29 is 37.3 Å². The predicted molar refractivity (Wildman–Crippen MR) is 159 cm³/mol. The Bertz CT molecular complexity index is 1760. The number of fused-ring (bicyclic) bond motifs is 1. The van der Waals surface area contributed by atoms with Crippen LogP contribution < -0.4 is 10.9 Å². The van der Waals surface area contributed by atoms with E-state index in [-0.39, 0.29) is 42.8 Å². The van der Waals surface area contributed by atoms with Gasteiger partial charge < -0.3 is 29.8 Å². The van der Waals surface area contributed by atoms with Crippen LogP contribution in [-0.2, 0) is 19.8 Å². The average Bonchev–Trinajstić information content (AvgIpc) is 3.55. The van der Waals surface area contributed by atoms with E-state index in [0.29, 0.717) is 23.2 Å². The fourth-order valence-electron chi connectivity index (χ4n) is 5.91. The molecule has 2 aliphatic rings. The lowest BCUT2D eigenvalue weighted by molar-refractivity contribution is -0.253. The number of ether oxygens (including phenoxy) is 2. The first-order valence-electron chi connectivity index (χ1n) is 14.8. The van der Waals surface area contributed by atoms with Crippen molar-refractivity contribution in [2.24, 2.45) is 0 Å². The number of pyridine rings is 1. The van der Waals surface area contributed by atoms with Gasteiger partial charge in [-0.1, -0.05) is 0 Å². The maximum Gasteiger partial charge on any atom is 0.419 e. The van der Waals surface area contributed by atoms with E-state index >= 15 is 0 Å². The number of aliphatic hydroxyl groups is 1. The van der Waals surface area contributed by atoms with Crippen LogP contribution >= 0.6 is 0 Å². The maximum absolute atomic E-state index is 13.3. The van der Waals surface area contributed by atoms with E-state index in [1.807, 2.05) is 0 Å². The molecule has 0 saturated carbocycles. The second-order valence-electron chi connectivity index (χ2n) is 12.9. The standard InChI is InChI=1S/C31H35F3N6O6/c1-18-15-19(5-6-20(18)26(42)39-14-11-30(44,16-39)31(32,33)34)37-24-23-21(8-13-36-25(23)41)40(38-24)29(10-12-35)9-7-22(45-17-29)27(43)46-28(2,3)4/h5-6,8,13,15,22,44H,7,9-11,14,16-17H2,1-4H3,(H,36,41)(H,37,38)/t22-,29-,30+/m0/s1. The van der Waals surface area contributed by atoms with E-state index in [1.54, 1.807) is 44.5 Å². The Morgan fingerprint density at radius 2 is 2.00 bits per heavy atom. The van der Waals surface area contributed by atoms with Crippen molar-refractivity contribution in [1.29, 1.82) is 5.26 Å². The molecule has 1 amide bonds. The fourth-order valence-corrected chi connectivity index (χ4v) is 5.91. The topological polar surface area (TPSA) is 163 Å². The highest BCUT2D eigenvalue weighted by atomic mass is 19.4. The Balaban J connectivity index is 1.42. The molecule has 4 heterocycles. The molecule has 2 aliphatic heterocycles. The number of carbonyl (C=O) groups excluding carboxylic acids is 2. The molecule has 3 N–H and O–H groups in total. The molecule has 246 valence electrons. The first-order chi connectivity index (χ1) is 21.5. The molecule has 12 nitrogen and oxygen atoms in total. The number of β-amino-alcohol motifs (C(OH)–C–C–N with tert-alkyl or cyclic N) is 1. The van der Waals surface area contributed by atoms with Crippen molar-refractivity contribution in [3.63, 3.8) is 0 Å². The molecule has 0 bridgehead atoms. The zero-order valence-electron chi connectivity index (χ0n) is 25.8. The van der Waals surface area contributed by atoms with E-state index in [0.717, 1.165) is 4.90 Å². The second kappa shape index (κ2) is 11.7. The van der Waals surface area contributed by atoms with Gasteiger partial charge in [0.05, 0.1) is 36.7 Å². The molecule has 0 unspecified atom stereocenters. The highest BCUT2D eigenvalue weighted by Crippen LogP contribution is 2.39. The van der Waals surface area contributed by atoms with Gasteiger partial charge in [-0.25, -0.2) is 4.79 Å². The van der Waals surface area contributed by atoms with Crippen LogP contribution in [0.1, 0.15) is 62.4 Å². The number of nitriles is 1. The van der Waals surface area contributed by atoms with Crippen molar-refractivity contribution in [1.82, 2.24) is 19.7 Å². The highest BCUT2D eigenvalue weighted by molar-refractivity contribution is 5.97. The van der Waals surface area contributed by atoms with Crippen LogP contribution in [0.15, 0.2) is 35.3 Å². The van der Waals surface area contributed by atoms with Gasteiger partial charge in [-0.3, -0.25) is 14.3 Å². The number of alkyl halides is 3. The Labute approximate surface area is 262 Å². The van der Waals surface area contributed by atoms with Crippen molar-refractivity contribution in [2.45, 2.75) is 82.4 Å². The minimum Gasteiger partial charge on any atom is -0.458 e. The number of rotatable bonds is 6. The number of hydrogen-bond donors (Lipinski definition) is 3. The summed E-state index contributed by atoms with van der Waals surface area (Å²) in [5.41, 5.74) is -3.61. The van der Waals surface area contributed by atoms with Crippen molar-refractivity contribution in [2.75, 3.05) is 25.0 Å². The van der Waals surface area contributed by atoms with E-state index < -0.39 is 59.4 Å². The number of esters is 1. The molecule has 0 radical (unpaired) electrons. The summed E-state index contributed by atoms with van der Waals surface area (Å²) in [6.07, 6.45) is -4.24. The molecule has 2 fully saturated rings. The molecule has 2 saturated heterocycles. The summed E-state index contributed by atoms with van der Waals surface area (Å²) in [6.45, 7) is 5.76. The summed E-state index contributed by atoms with van der Waals surface area (Å²) < 4.78 is 52.8. The van der Waals surface area contributed by atoms with Crippen LogP contribution in [0, 0.1) is 18.3 Å². The molecule has 2 aromatic heterocycles. The largest absolute Gasteiger partial charge is 0.458 e. The van der Waals surface area contributed by atoms with Crippen LogP contribution in [0.5, 0.6) is 0 Å². The van der Waals surface area contributed by atoms with Gasteiger partial charge in [0.15, 0.2) is 17.5 Å². The van der Waals surface area contributed by atoms with Crippen LogP contribution in [0.25, 0.3) is 10.9 Å². The summed E-state index contributed by atoms with van der Waals surface area (Å²) in [4.78, 5) is 42.4. The summed E-state index contributed by atoms with van der Waals surface area (Å²) in [6, 6.07) is 8.42. The second-order valence-corrected chi connectivity index (χ2v) is 12.9. The maximum atomic E-state index is 13.3. The highest BCUT2D eigenvalue weighted by Gasteiger charge is 2.58. The van der Waals surface area contributed by atoms with E-state index in [9.17, 15) is 37.9 Å². The average molecular weight is 645 g/mol. The van der Waals surface area contributed by atoms with Crippen molar-refractivity contribution in [3.8, 4) is 6.07 Å². The van der Waals surface area contributed by atoms with Crippen LogP contribution in [0.3, 0.4) is 0 Å². The first kappa shape index (κ1) is 33.0. The summed E-state index contributed by atoms with van der Waals surface area (Å²) in [5.74, 6) is -0.979. The lowest BCUT2D eigenvalue weighted by Gasteiger charge is -2.39. The third-order valence-corrected chi connectivity index (χ3v) is 8.34. The molecule has 1 aromatic carbocycles. The molecule has 3 aromatic rings. The molecule has 5 rings (SSSR count). The zero-order chi connectivity index (χ0) is 33.7. The Hall–Kier alpha value is -4.42. The van der Waals surface area contributed by atoms with Gasteiger partial charge in [-0.05, 0) is 70.4 Å². The minimum absolute atomic E-state index is 0.0209. The Morgan fingerprint density at radius 1 is 1.26 bits per heavy atom. The number of nitrogens with one attached hydrogen (secondary N) is 2. The SMILES string of the molecule is Cc1cc(Nc2nn([C@]3(CC#N)CC[C@@H](C(=O)OC(C)(C)C)OC3)c3cc[nH]c(=O)c23)ccc1C(=O)N1CC[C@](O)(C(F)(F)F)C1. The number of amides is 1. The molecular formula is C31H35F3N6O6. The number of aryl methyl sites for hydroxylation is 1. The number of H-pyrrole nitrogens is 1. The lowest BCUT2D eigenvalue weighted by atomic mass is 9.87. The molecule has 0 aliphatic carbocycles. The fraction of sp³-hybridized carbons (Fsp3) is 0.516. The number of carbonyl (C=O) groups is 2. The monoisotopic (exact) mass is 644 g/mol. The van der Waals surface area contributed by atoms with Gasteiger partial charge in [0.2, 0.25) is 0 Å². The van der Waals surface area contributed by atoms with Gasteiger partial charge in [-0.15, -0.1) is 0 Å². The number of hydrogen-bond acceptors (Lipinski definition) is 9. The molecule has 3 atom stereocenters. The number of benzene rings is 1. The number of likely N-dealkylation sites (tertiary alicyclic amines) is 1. The third-order valence-electron chi connectivity index (χ3n) is 8.34. The summed E-state index contributed by atoms with van der Waals surface area (Å²) >= 11 is 0. The van der Waals surface area contributed by atoms with Crippen LogP contribution in [0.4, 0.5) is 24.7 Å². The van der Waals surface area contributed by atoms with Gasteiger partial charge >= 0.3 is 12.1 Å². The van der Waals surface area contributed by atoms with Crippen molar-refractivity contribution >= 4 is 34.3 Å². The normalized spacial score (nSPS) is 23.7. The minimum atomic E-state index is -4.86. The van der Waals surface area contributed by atoms with Crippen LogP contribution in [-0.4, -0.2) is 79.8 Å². The number of aromatic nitrogens is 3. The molecular weight excluding hydrogens is 609 g/mol. The molecule has 46 heavy (non-hydrogen) atoms. The van der Waals surface area contributed by atoms with E-state index in [1.165, 1.54) is 18.3 Å². The smallest absolute Gasteiger partial charge is 0.419 e. The number of aromatic amines is 1. The van der Waals surface area contributed by atoms with Gasteiger partial charge in [-0.2, -0.15) is 23.5 Å². The summed E-state index contributed by atoms with van der Waals surface area (Å²) in [5, 5.41) is 27.8. The van der Waals surface area contributed by atoms with Crippen LogP contribution in [0.2, 0.25) is 0 Å². The number of anilines is 2. The predicted octanol–water partition coefficient (Wildman–Crippen LogP) is 4.05. The Kier molecular flexibility index (Phi) is 8.41. The quantitative estimate of drug-likeness (QED) is 0.336. The van der Waals surface area contributed by atoms with E-state index in [2.05, 4.69) is 16.4 Å². The summed E-state index contributed by atoms with van der Waals surface area (Å²) in [7, 11) is 0. The Morgan fingerprint density at radius 3 is 2.59 bits per heavy atom. The van der Waals surface area contributed by atoms with E-state index in [4.69, 9.17) is 14.6 Å². The number of nitrogens with zero attached hydrogens (tertiary/aromatic N) is 4. The van der Waals surface area contributed by atoms with Crippen molar-refractivity contribution in [3.05, 3.63) is 51.9 Å². The lowest BCUT2D eigenvalue weighted by Crippen LogP contribution is -2.48. The molecule has 0 spiro atoms. The third kappa shape index (κ3) is 6.19. The first-order valence-corrected chi connectivity index (χ1v) is 14.8. The zero-order valence-corrected chi connectivity index (χ0v) is 25.8. The van der Waals surface area contributed by atoms with Gasteiger partial charge in [0.1, 0.15) is 11.0 Å².